The Labute approximate surface area is 166 Å². The van der Waals surface area contributed by atoms with Gasteiger partial charge in [0.25, 0.3) is 5.91 Å². The molecule has 0 aliphatic carbocycles. The molecule has 6 nitrogen and oxygen atoms in total. The van der Waals surface area contributed by atoms with Gasteiger partial charge in [0, 0.05) is 25.1 Å². The number of aliphatic imine (C=N–C) groups is 1. The van der Waals surface area contributed by atoms with E-state index in [1.54, 1.807) is 0 Å². The molecule has 148 valence electrons. The van der Waals surface area contributed by atoms with Crippen LogP contribution in [0.25, 0.3) is 0 Å². The van der Waals surface area contributed by atoms with Gasteiger partial charge in [-0.05, 0) is 43.2 Å². The lowest BCUT2D eigenvalue weighted by Gasteiger charge is -2.15. The van der Waals surface area contributed by atoms with Crippen molar-refractivity contribution in [2.45, 2.75) is 32.9 Å². The van der Waals surface area contributed by atoms with E-state index in [4.69, 9.17) is 4.74 Å². The molecule has 0 spiro atoms. The maximum Gasteiger partial charge on any atom is 0.251 e. The van der Waals surface area contributed by atoms with Crippen molar-refractivity contribution in [2.75, 3.05) is 19.6 Å². The molecular weight excluding hydrogens is 352 g/mol. The first-order chi connectivity index (χ1) is 13.7. The second-order valence-electron chi connectivity index (χ2n) is 6.68. The van der Waals surface area contributed by atoms with Gasteiger partial charge in [-0.2, -0.15) is 0 Å². The highest BCUT2D eigenvalue weighted by Crippen LogP contribution is 2.27. The van der Waals surface area contributed by atoms with Crippen molar-refractivity contribution in [2.24, 2.45) is 4.99 Å². The summed E-state index contributed by atoms with van der Waals surface area (Å²) in [5, 5.41) is 9.43. The molecule has 3 rings (SSSR count). The van der Waals surface area contributed by atoms with Crippen molar-refractivity contribution in [3.8, 4) is 5.75 Å². The molecule has 0 aromatic heterocycles. The van der Waals surface area contributed by atoms with Crippen molar-refractivity contribution in [1.29, 1.82) is 0 Å². The molecule has 0 bridgehead atoms. The van der Waals surface area contributed by atoms with E-state index in [1.807, 2.05) is 56.3 Å². The Kier molecular flexibility index (Phi) is 6.89. The highest BCUT2D eigenvalue weighted by molar-refractivity contribution is 5.94. The van der Waals surface area contributed by atoms with Crippen LogP contribution >= 0.6 is 0 Å². The monoisotopic (exact) mass is 380 g/mol. The molecule has 1 amide bonds. The van der Waals surface area contributed by atoms with Gasteiger partial charge in [-0.25, -0.2) is 4.99 Å². The van der Waals surface area contributed by atoms with Gasteiger partial charge in [0.2, 0.25) is 0 Å². The molecule has 0 saturated carbocycles. The minimum atomic E-state index is -0.0508. The Morgan fingerprint density at radius 2 is 1.79 bits per heavy atom. The smallest absolute Gasteiger partial charge is 0.251 e. The third-order valence-electron chi connectivity index (χ3n) is 4.53. The molecule has 28 heavy (non-hydrogen) atoms. The van der Waals surface area contributed by atoms with Crippen LogP contribution < -0.4 is 20.7 Å². The fourth-order valence-electron chi connectivity index (χ4n) is 3.11. The van der Waals surface area contributed by atoms with Crippen LogP contribution in [0.2, 0.25) is 0 Å². The number of nitrogens with zero attached hydrogens (tertiary/aromatic N) is 1. The Hall–Kier alpha value is -3.02. The van der Waals surface area contributed by atoms with Crippen LogP contribution in [0.1, 0.15) is 35.3 Å². The van der Waals surface area contributed by atoms with E-state index in [9.17, 15) is 4.79 Å². The molecule has 3 N–H and O–H groups in total. The van der Waals surface area contributed by atoms with Crippen LogP contribution in [0.3, 0.4) is 0 Å². The highest BCUT2D eigenvalue weighted by Gasteiger charge is 2.22. The van der Waals surface area contributed by atoms with Gasteiger partial charge in [-0.3, -0.25) is 4.79 Å². The van der Waals surface area contributed by atoms with Crippen LogP contribution in [-0.4, -0.2) is 37.6 Å². The molecule has 2 aromatic rings. The molecule has 1 aliphatic heterocycles. The summed E-state index contributed by atoms with van der Waals surface area (Å²) in [4.78, 5) is 16.5. The number of para-hydroxylation sites is 1. The molecule has 1 heterocycles. The van der Waals surface area contributed by atoms with E-state index in [0.717, 1.165) is 30.2 Å². The first-order valence-electron chi connectivity index (χ1n) is 9.83. The Balaban J connectivity index is 1.53. The van der Waals surface area contributed by atoms with Gasteiger partial charge in [0.05, 0.1) is 13.1 Å². The molecule has 6 heteroatoms. The predicted molar refractivity (Wildman–Crippen MR) is 112 cm³/mol. The third kappa shape index (κ3) is 5.25. The zero-order chi connectivity index (χ0) is 19.8. The van der Waals surface area contributed by atoms with Gasteiger partial charge in [-0.1, -0.05) is 30.3 Å². The standard InChI is InChI=1S/C22H28N4O2/c1-3-23-21(27)17-11-9-16(10-12-17)14-25-22(24-4-2)26-15-19-13-18-7-5-6-8-20(18)28-19/h5-12,19H,3-4,13-15H2,1-2H3,(H,23,27)(H2,24,25,26). The summed E-state index contributed by atoms with van der Waals surface area (Å²) in [6.07, 6.45) is 1.02. The van der Waals surface area contributed by atoms with E-state index < -0.39 is 0 Å². The summed E-state index contributed by atoms with van der Waals surface area (Å²) in [6.45, 7) is 6.59. The minimum absolute atomic E-state index is 0.0508. The lowest BCUT2D eigenvalue weighted by atomic mass is 10.1. The molecule has 2 aromatic carbocycles. The van der Waals surface area contributed by atoms with E-state index in [1.165, 1.54) is 5.56 Å². The van der Waals surface area contributed by atoms with E-state index in [-0.39, 0.29) is 12.0 Å². The van der Waals surface area contributed by atoms with E-state index in [2.05, 4.69) is 27.0 Å². The van der Waals surface area contributed by atoms with Crippen molar-refractivity contribution < 1.29 is 9.53 Å². The average molecular weight is 380 g/mol. The number of rotatable bonds is 7. The summed E-state index contributed by atoms with van der Waals surface area (Å²) >= 11 is 0. The third-order valence-corrected chi connectivity index (χ3v) is 4.53. The second-order valence-corrected chi connectivity index (χ2v) is 6.68. The van der Waals surface area contributed by atoms with Crippen LogP contribution in [0, 0.1) is 0 Å². The number of carbonyl (C=O) groups is 1. The van der Waals surface area contributed by atoms with Crippen molar-refractivity contribution in [3.05, 3.63) is 65.2 Å². The highest BCUT2D eigenvalue weighted by atomic mass is 16.5. The molecule has 0 fully saturated rings. The minimum Gasteiger partial charge on any atom is -0.488 e. The fraction of sp³-hybridized carbons (Fsp3) is 0.364. The van der Waals surface area contributed by atoms with Gasteiger partial charge in [0.1, 0.15) is 11.9 Å². The number of guanidine groups is 1. The maximum absolute atomic E-state index is 11.8. The van der Waals surface area contributed by atoms with Crippen LogP contribution in [0.5, 0.6) is 5.75 Å². The fourth-order valence-corrected chi connectivity index (χ4v) is 3.11. The Morgan fingerprint density at radius 1 is 1.04 bits per heavy atom. The number of benzene rings is 2. The number of amides is 1. The average Bonchev–Trinajstić information content (AvgIpc) is 3.13. The summed E-state index contributed by atoms with van der Waals surface area (Å²) in [5.41, 5.74) is 2.97. The summed E-state index contributed by atoms with van der Waals surface area (Å²) in [5.74, 6) is 1.68. The molecule has 1 aliphatic rings. The quantitative estimate of drug-likeness (QED) is 0.510. The van der Waals surface area contributed by atoms with Crippen LogP contribution in [-0.2, 0) is 13.0 Å². The lowest BCUT2D eigenvalue weighted by molar-refractivity contribution is 0.0956. The second kappa shape index (κ2) is 9.78. The number of carbonyl (C=O) groups excluding carboxylic acids is 1. The molecular formula is C22H28N4O2. The Bertz CT molecular complexity index is 793. The zero-order valence-electron chi connectivity index (χ0n) is 16.5. The molecule has 1 unspecified atom stereocenters. The SMILES string of the molecule is CCNC(=O)c1ccc(CN=C(NCC)NCC2Cc3ccccc3O2)cc1. The molecule has 1 atom stereocenters. The summed E-state index contributed by atoms with van der Waals surface area (Å²) in [6, 6.07) is 15.7. The van der Waals surface area contributed by atoms with Crippen molar-refractivity contribution >= 4 is 11.9 Å². The number of ether oxygens (including phenoxy) is 1. The zero-order valence-corrected chi connectivity index (χ0v) is 16.5. The summed E-state index contributed by atoms with van der Waals surface area (Å²) < 4.78 is 5.97. The topological polar surface area (TPSA) is 74.8 Å². The molecule has 0 radical (unpaired) electrons. The number of nitrogens with one attached hydrogen (secondary N) is 3. The normalized spacial score (nSPS) is 15.5. The first kappa shape index (κ1) is 19.7. The van der Waals surface area contributed by atoms with Crippen LogP contribution in [0.15, 0.2) is 53.5 Å². The van der Waals surface area contributed by atoms with E-state index in [0.29, 0.717) is 25.2 Å². The number of hydrogen-bond acceptors (Lipinski definition) is 3. The Morgan fingerprint density at radius 3 is 2.50 bits per heavy atom. The largest absolute Gasteiger partial charge is 0.488 e. The maximum atomic E-state index is 11.8. The first-order valence-corrected chi connectivity index (χ1v) is 9.83. The van der Waals surface area contributed by atoms with Gasteiger partial charge in [0.15, 0.2) is 5.96 Å². The molecule has 0 saturated heterocycles. The summed E-state index contributed by atoms with van der Waals surface area (Å²) in [7, 11) is 0. The van der Waals surface area contributed by atoms with Crippen LogP contribution in [0.4, 0.5) is 0 Å². The number of hydrogen-bond donors (Lipinski definition) is 3. The van der Waals surface area contributed by atoms with Crippen molar-refractivity contribution in [1.82, 2.24) is 16.0 Å². The van der Waals surface area contributed by atoms with Crippen molar-refractivity contribution in [3.63, 3.8) is 0 Å². The number of fused-ring (bicyclic) bond motifs is 1. The lowest BCUT2D eigenvalue weighted by Crippen LogP contribution is -2.42. The predicted octanol–water partition coefficient (Wildman–Crippen LogP) is 2.50. The van der Waals surface area contributed by atoms with Gasteiger partial charge < -0.3 is 20.7 Å². The van der Waals surface area contributed by atoms with Gasteiger partial charge in [-0.15, -0.1) is 0 Å². The van der Waals surface area contributed by atoms with Gasteiger partial charge >= 0.3 is 0 Å². The van der Waals surface area contributed by atoms with E-state index >= 15 is 0 Å².